The van der Waals surface area contributed by atoms with Crippen LogP contribution in [-0.2, 0) is 6.54 Å². The van der Waals surface area contributed by atoms with Crippen molar-refractivity contribution in [2.24, 2.45) is 0 Å². The maximum atomic E-state index is 5.37. The lowest BCUT2D eigenvalue weighted by molar-refractivity contribution is 0.299. The average molecular weight is 313 g/mol. The summed E-state index contributed by atoms with van der Waals surface area (Å²) in [5.74, 6) is 0.950. The number of halogens is 1. The lowest BCUT2D eigenvalue weighted by atomic mass is 10.2. The Kier molecular flexibility index (Phi) is 5.03. The second kappa shape index (κ2) is 6.55. The molecule has 0 aromatic heterocycles. The van der Waals surface area contributed by atoms with Gasteiger partial charge >= 0.3 is 0 Å². The van der Waals surface area contributed by atoms with Crippen molar-refractivity contribution in [1.29, 1.82) is 0 Å². The van der Waals surface area contributed by atoms with Gasteiger partial charge in [-0.15, -0.1) is 0 Å². The first kappa shape index (κ1) is 13.8. The molecule has 1 aliphatic rings. The van der Waals surface area contributed by atoms with Crippen LogP contribution >= 0.6 is 15.9 Å². The van der Waals surface area contributed by atoms with E-state index < -0.39 is 0 Å². The summed E-state index contributed by atoms with van der Waals surface area (Å²) in [7, 11) is 3.93. The van der Waals surface area contributed by atoms with Crippen LogP contribution in [-0.4, -0.2) is 38.2 Å². The van der Waals surface area contributed by atoms with Gasteiger partial charge in [0.25, 0.3) is 0 Å². The van der Waals surface area contributed by atoms with Crippen LogP contribution in [0.3, 0.4) is 0 Å². The molecule has 1 saturated heterocycles. The molecule has 18 heavy (non-hydrogen) atoms. The molecular formula is C14H21BrN2O. The maximum absolute atomic E-state index is 5.37. The van der Waals surface area contributed by atoms with E-state index >= 15 is 0 Å². The van der Waals surface area contributed by atoms with Gasteiger partial charge in [-0.3, -0.25) is 0 Å². The molecular weight excluding hydrogens is 292 g/mol. The van der Waals surface area contributed by atoms with Crippen molar-refractivity contribution in [1.82, 2.24) is 10.2 Å². The minimum Gasteiger partial charge on any atom is -0.496 e. The van der Waals surface area contributed by atoms with Gasteiger partial charge in [0.2, 0.25) is 0 Å². The molecule has 2 rings (SSSR count). The molecule has 1 N–H and O–H groups in total. The standard InChI is InChI=1S/C14H21BrN2O/c1-17-7-3-4-13(17)10-16-9-11-8-12(15)5-6-14(11)18-2/h5-6,8,13,16H,3-4,7,9-10H2,1-2H3. The average Bonchev–Trinajstić information content (AvgIpc) is 2.76. The fourth-order valence-electron chi connectivity index (χ4n) is 2.50. The van der Waals surface area contributed by atoms with Crippen LogP contribution in [0, 0.1) is 0 Å². The maximum Gasteiger partial charge on any atom is 0.123 e. The normalized spacial score (nSPS) is 20.3. The van der Waals surface area contributed by atoms with Gasteiger partial charge in [-0.05, 0) is 44.6 Å². The number of rotatable bonds is 5. The predicted octanol–water partition coefficient (Wildman–Crippen LogP) is 2.64. The first-order valence-corrected chi connectivity index (χ1v) is 7.23. The molecule has 0 spiro atoms. The first-order chi connectivity index (χ1) is 8.70. The molecule has 1 aliphatic heterocycles. The van der Waals surface area contributed by atoms with Crippen LogP contribution in [0.25, 0.3) is 0 Å². The Morgan fingerprint density at radius 1 is 1.50 bits per heavy atom. The van der Waals surface area contributed by atoms with Gasteiger partial charge in [0.05, 0.1) is 7.11 Å². The van der Waals surface area contributed by atoms with Crippen molar-refractivity contribution in [2.45, 2.75) is 25.4 Å². The van der Waals surface area contributed by atoms with Crippen LogP contribution in [0.4, 0.5) is 0 Å². The van der Waals surface area contributed by atoms with Crippen LogP contribution in [0.1, 0.15) is 18.4 Å². The SMILES string of the molecule is COc1ccc(Br)cc1CNCC1CCCN1C. The number of hydrogen-bond donors (Lipinski definition) is 1. The number of methoxy groups -OCH3 is 1. The van der Waals surface area contributed by atoms with Gasteiger partial charge in [0.15, 0.2) is 0 Å². The molecule has 100 valence electrons. The minimum absolute atomic E-state index is 0.683. The Morgan fingerprint density at radius 3 is 3.00 bits per heavy atom. The molecule has 1 fully saturated rings. The monoisotopic (exact) mass is 312 g/mol. The summed E-state index contributed by atoms with van der Waals surface area (Å²) in [6, 6.07) is 6.81. The number of nitrogens with one attached hydrogen (secondary N) is 1. The van der Waals surface area contributed by atoms with Gasteiger partial charge in [-0.2, -0.15) is 0 Å². The smallest absolute Gasteiger partial charge is 0.123 e. The van der Waals surface area contributed by atoms with Crippen molar-refractivity contribution in [3.05, 3.63) is 28.2 Å². The fourth-order valence-corrected chi connectivity index (χ4v) is 2.90. The van der Waals surface area contributed by atoms with Crippen LogP contribution < -0.4 is 10.1 Å². The summed E-state index contributed by atoms with van der Waals surface area (Å²) in [6.45, 7) is 3.13. The van der Waals surface area contributed by atoms with Gasteiger partial charge in [0.1, 0.15) is 5.75 Å². The van der Waals surface area contributed by atoms with Gasteiger partial charge in [-0.1, -0.05) is 15.9 Å². The molecule has 1 atom stereocenters. The number of nitrogens with zero attached hydrogens (tertiary/aromatic N) is 1. The van der Waals surface area contributed by atoms with Crippen LogP contribution in [0.2, 0.25) is 0 Å². The Morgan fingerprint density at radius 2 is 2.33 bits per heavy atom. The number of likely N-dealkylation sites (N-methyl/N-ethyl adjacent to an activating group) is 1. The van der Waals surface area contributed by atoms with E-state index in [0.29, 0.717) is 6.04 Å². The Hall–Kier alpha value is -0.580. The largest absolute Gasteiger partial charge is 0.496 e. The molecule has 0 bridgehead atoms. The second-order valence-electron chi connectivity index (χ2n) is 4.86. The predicted molar refractivity (Wildman–Crippen MR) is 78.1 cm³/mol. The third-order valence-electron chi connectivity index (χ3n) is 3.61. The van der Waals surface area contributed by atoms with Crippen molar-refractivity contribution >= 4 is 15.9 Å². The van der Waals surface area contributed by atoms with E-state index in [9.17, 15) is 0 Å². The topological polar surface area (TPSA) is 24.5 Å². The van der Waals surface area contributed by atoms with Crippen molar-refractivity contribution in [3.8, 4) is 5.75 Å². The molecule has 0 radical (unpaired) electrons. The summed E-state index contributed by atoms with van der Waals surface area (Å²) in [5, 5.41) is 3.53. The van der Waals surface area contributed by atoms with E-state index in [1.165, 1.54) is 24.9 Å². The van der Waals surface area contributed by atoms with E-state index in [4.69, 9.17) is 4.74 Å². The summed E-state index contributed by atoms with van der Waals surface area (Å²) in [6.07, 6.45) is 2.63. The van der Waals surface area contributed by atoms with Gasteiger partial charge < -0.3 is 15.0 Å². The van der Waals surface area contributed by atoms with E-state index in [0.717, 1.165) is 23.3 Å². The third-order valence-corrected chi connectivity index (χ3v) is 4.10. The lowest BCUT2D eigenvalue weighted by Crippen LogP contribution is -2.35. The molecule has 0 amide bonds. The lowest BCUT2D eigenvalue weighted by Gasteiger charge is -2.20. The summed E-state index contributed by atoms with van der Waals surface area (Å²) in [5.41, 5.74) is 1.20. The molecule has 0 saturated carbocycles. The highest BCUT2D eigenvalue weighted by Crippen LogP contribution is 2.23. The molecule has 4 heteroatoms. The number of benzene rings is 1. The second-order valence-corrected chi connectivity index (χ2v) is 5.78. The van der Waals surface area contributed by atoms with E-state index in [2.05, 4.69) is 39.3 Å². The van der Waals surface area contributed by atoms with Crippen LogP contribution in [0.15, 0.2) is 22.7 Å². The van der Waals surface area contributed by atoms with Gasteiger partial charge in [0, 0.05) is 29.2 Å². The zero-order valence-electron chi connectivity index (χ0n) is 11.1. The minimum atomic E-state index is 0.683. The molecule has 3 nitrogen and oxygen atoms in total. The molecule has 1 aromatic rings. The summed E-state index contributed by atoms with van der Waals surface area (Å²) >= 11 is 3.50. The Balaban J connectivity index is 1.87. The summed E-state index contributed by atoms with van der Waals surface area (Å²) < 4.78 is 6.47. The molecule has 1 heterocycles. The van der Waals surface area contributed by atoms with Crippen molar-refractivity contribution in [3.63, 3.8) is 0 Å². The third kappa shape index (κ3) is 3.46. The molecule has 0 aliphatic carbocycles. The van der Waals surface area contributed by atoms with Crippen molar-refractivity contribution < 1.29 is 4.74 Å². The number of hydrogen-bond acceptors (Lipinski definition) is 3. The highest BCUT2D eigenvalue weighted by Gasteiger charge is 2.19. The van der Waals surface area contributed by atoms with Crippen molar-refractivity contribution in [2.75, 3.05) is 27.2 Å². The van der Waals surface area contributed by atoms with E-state index in [-0.39, 0.29) is 0 Å². The van der Waals surface area contributed by atoms with Crippen LogP contribution in [0.5, 0.6) is 5.75 Å². The zero-order chi connectivity index (χ0) is 13.0. The zero-order valence-corrected chi connectivity index (χ0v) is 12.7. The quantitative estimate of drug-likeness (QED) is 0.904. The van der Waals surface area contributed by atoms with E-state index in [1.54, 1.807) is 7.11 Å². The molecule has 1 unspecified atom stereocenters. The Bertz CT molecular complexity index is 397. The number of likely N-dealkylation sites (tertiary alicyclic amines) is 1. The Labute approximate surface area is 118 Å². The highest BCUT2D eigenvalue weighted by molar-refractivity contribution is 9.10. The van der Waals surface area contributed by atoms with Gasteiger partial charge in [-0.25, -0.2) is 0 Å². The molecule has 1 aromatic carbocycles. The number of ether oxygens (including phenoxy) is 1. The fraction of sp³-hybridized carbons (Fsp3) is 0.571. The highest BCUT2D eigenvalue weighted by atomic mass is 79.9. The van der Waals surface area contributed by atoms with E-state index in [1.807, 2.05) is 12.1 Å². The first-order valence-electron chi connectivity index (χ1n) is 6.44. The summed E-state index contributed by atoms with van der Waals surface area (Å²) in [4.78, 5) is 2.44.